The van der Waals surface area contributed by atoms with Crippen LogP contribution in [0, 0.1) is 0 Å². The first-order chi connectivity index (χ1) is 16.6. The Bertz CT molecular complexity index is 873. The number of carboxylic acid groups (broad SMARTS) is 2. The van der Waals surface area contributed by atoms with E-state index in [0.29, 0.717) is 5.75 Å². The van der Waals surface area contributed by atoms with Gasteiger partial charge in [0.2, 0.25) is 17.7 Å². The van der Waals surface area contributed by atoms with E-state index in [1.54, 1.807) is 36.6 Å². The van der Waals surface area contributed by atoms with Gasteiger partial charge in [-0.05, 0) is 30.4 Å². The molecule has 0 fully saturated rings. The molecule has 1 aromatic rings. The zero-order valence-electron chi connectivity index (χ0n) is 19.3. The Hall–Kier alpha value is -2.77. The molecule has 0 aliphatic heterocycles. The van der Waals surface area contributed by atoms with Crippen LogP contribution in [0.1, 0.15) is 24.8 Å². The number of nitrogens with one attached hydrogen (secondary N) is 3. The van der Waals surface area contributed by atoms with E-state index in [1.165, 1.54) is 11.8 Å². The Kier molecular flexibility index (Phi) is 13.8. The molecule has 0 saturated carbocycles. The SMILES string of the molecule is CSCCC(NC(=O)C(Cc1ccccc1)NC(=O)C(N)CS)C(=O)NC(CCC(=O)O)C(=O)O. The van der Waals surface area contributed by atoms with E-state index < -0.39 is 60.2 Å². The molecular weight excluding hydrogens is 496 g/mol. The van der Waals surface area contributed by atoms with E-state index in [0.717, 1.165) is 5.56 Å². The maximum atomic E-state index is 13.1. The number of nitrogens with two attached hydrogens (primary N) is 1. The smallest absolute Gasteiger partial charge is 0.326 e. The topological polar surface area (TPSA) is 188 Å². The number of amides is 3. The van der Waals surface area contributed by atoms with Gasteiger partial charge < -0.3 is 31.9 Å². The lowest BCUT2D eigenvalue weighted by Crippen LogP contribution is -2.58. The first-order valence-corrected chi connectivity index (χ1v) is 12.9. The fraction of sp³-hybridized carbons (Fsp3) is 0.500. The summed E-state index contributed by atoms with van der Waals surface area (Å²) < 4.78 is 0. The van der Waals surface area contributed by atoms with Crippen molar-refractivity contribution in [2.24, 2.45) is 5.73 Å². The molecule has 194 valence electrons. The summed E-state index contributed by atoms with van der Waals surface area (Å²) in [5, 5.41) is 25.6. The summed E-state index contributed by atoms with van der Waals surface area (Å²) >= 11 is 5.42. The number of rotatable bonds is 16. The van der Waals surface area contributed by atoms with Gasteiger partial charge in [-0.15, -0.1) is 0 Å². The summed E-state index contributed by atoms with van der Waals surface area (Å²) in [7, 11) is 0. The molecule has 0 aromatic heterocycles. The minimum Gasteiger partial charge on any atom is -0.481 e. The van der Waals surface area contributed by atoms with Crippen molar-refractivity contribution in [3.8, 4) is 0 Å². The first kappa shape index (κ1) is 30.3. The fourth-order valence-corrected chi connectivity index (χ4v) is 3.63. The molecule has 0 saturated heterocycles. The van der Waals surface area contributed by atoms with Crippen LogP contribution in [-0.2, 0) is 30.4 Å². The Morgan fingerprint density at radius 1 is 0.914 bits per heavy atom. The second-order valence-corrected chi connectivity index (χ2v) is 9.07. The molecule has 4 unspecified atom stereocenters. The molecule has 1 rings (SSSR count). The van der Waals surface area contributed by atoms with E-state index in [-0.39, 0.29) is 25.0 Å². The normalized spacial score (nSPS) is 14.1. The number of carboxylic acids is 2. The number of carbonyl (C=O) groups is 5. The molecular formula is C22H32N4O7S2. The molecule has 3 amide bonds. The van der Waals surface area contributed by atoms with E-state index in [1.807, 2.05) is 0 Å². The number of thiol groups is 1. The summed E-state index contributed by atoms with van der Waals surface area (Å²) in [5.41, 5.74) is 6.48. The van der Waals surface area contributed by atoms with Crippen molar-refractivity contribution in [2.45, 2.75) is 49.9 Å². The van der Waals surface area contributed by atoms with Gasteiger partial charge >= 0.3 is 11.9 Å². The van der Waals surface area contributed by atoms with Crippen molar-refractivity contribution >= 4 is 54.1 Å². The summed E-state index contributed by atoms with van der Waals surface area (Å²) in [6, 6.07) is 4.41. The number of carbonyl (C=O) groups excluding carboxylic acids is 3. The maximum Gasteiger partial charge on any atom is 0.326 e. The fourth-order valence-electron chi connectivity index (χ4n) is 3.00. The summed E-state index contributed by atoms with van der Waals surface area (Å²) in [5.74, 6) is -4.03. The van der Waals surface area contributed by atoms with Gasteiger partial charge in [-0.1, -0.05) is 30.3 Å². The van der Waals surface area contributed by atoms with Crippen molar-refractivity contribution in [3.63, 3.8) is 0 Å². The highest BCUT2D eigenvalue weighted by Crippen LogP contribution is 2.08. The molecule has 0 aliphatic carbocycles. The maximum absolute atomic E-state index is 13.1. The lowest BCUT2D eigenvalue weighted by molar-refractivity contribution is -0.143. The second kappa shape index (κ2) is 16.0. The summed E-state index contributed by atoms with van der Waals surface area (Å²) in [4.78, 5) is 60.6. The van der Waals surface area contributed by atoms with Crippen molar-refractivity contribution in [1.82, 2.24) is 16.0 Å². The van der Waals surface area contributed by atoms with Gasteiger partial charge in [-0.2, -0.15) is 24.4 Å². The highest BCUT2D eigenvalue weighted by molar-refractivity contribution is 7.98. The predicted molar refractivity (Wildman–Crippen MR) is 135 cm³/mol. The first-order valence-electron chi connectivity index (χ1n) is 10.8. The van der Waals surface area contributed by atoms with Crippen LogP contribution in [0.5, 0.6) is 0 Å². The lowest BCUT2D eigenvalue weighted by atomic mass is 10.0. The van der Waals surface area contributed by atoms with Gasteiger partial charge in [0.05, 0.1) is 6.04 Å². The van der Waals surface area contributed by atoms with Crippen molar-refractivity contribution in [1.29, 1.82) is 0 Å². The van der Waals surface area contributed by atoms with Crippen LogP contribution >= 0.6 is 24.4 Å². The molecule has 7 N–H and O–H groups in total. The third-order valence-corrected chi connectivity index (χ3v) is 5.99. The van der Waals surface area contributed by atoms with Crippen molar-refractivity contribution < 1.29 is 34.2 Å². The molecule has 0 spiro atoms. The molecule has 0 radical (unpaired) electrons. The Morgan fingerprint density at radius 3 is 2.03 bits per heavy atom. The largest absolute Gasteiger partial charge is 0.481 e. The van der Waals surface area contributed by atoms with Gasteiger partial charge in [0, 0.05) is 18.6 Å². The zero-order valence-corrected chi connectivity index (χ0v) is 21.0. The van der Waals surface area contributed by atoms with E-state index in [4.69, 9.17) is 10.8 Å². The predicted octanol–water partition coefficient (Wildman–Crippen LogP) is -0.357. The third kappa shape index (κ3) is 11.5. The minimum atomic E-state index is -1.43. The highest BCUT2D eigenvalue weighted by Gasteiger charge is 2.30. The summed E-state index contributed by atoms with van der Waals surface area (Å²) in [6.45, 7) is 0. The number of benzene rings is 1. The van der Waals surface area contributed by atoms with Gasteiger partial charge in [0.15, 0.2) is 0 Å². The van der Waals surface area contributed by atoms with Crippen LogP contribution in [0.15, 0.2) is 30.3 Å². The quantitative estimate of drug-likeness (QED) is 0.141. The monoisotopic (exact) mass is 528 g/mol. The lowest BCUT2D eigenvalue weighted by Gasteiger charge is -2.25. The van der Waals surface area contributed by atoms with Crippen molar-refractivity contribution in [3.05, 3.63) is 35.9 Å². The number of aliphatic carboxylic acids is 2. The van der Waals surface area contributed by atoms with Gasteiger partial charge in [0.25, 0.3) is 0 Å². The third-order valence-electron chi connectivity index (χ3n) is 4.95. The molecule has 0 bridgehead atoms. The summed E-state index contributed by atoms with van der Waals surface area (Å²) in [6.07, 6.45) is 1.36. The number of thioether (sulfide) groups is 1. The van der Waals surface area contributed by atoms with Gasteiger partial charge in [-0.3, -0.25) is 19.2 Å². The van der Waals surface area contributed by atoms with Gasteiger partial charge in [-0.25, -0.2) is 4.79 Å². The van der Waals surface area contributed by atoms with E-state index in [2.05, 4.69) is 28.6 Å². The molecule has 11 nitrogen and oxygen atoms in total. The average molecular weight is 529 g/mol. The van der Waals surface area contributed by atoms with Crippen LogP contribution < -0.4 is 21.7 Å². The van der Waals surface area contributed by atoms with Crippen LogP contribution in [0.4, 0.5) is 0 Å². The average Bonchev–Trinajstić information content (AvgIpc) is 2.83. The Morgan fingerprint density at radius 2 is 1.49 bits per heavy atom. The molecule has 35 heavy (non-hydrogen) atoms. The highest BCUT2D eigenvalue weighted by atomic mass is 32.2. The van der Waals surface area contributed by atoms with Gasteiger partial charge in [0.1, 0.15) is 18.1 Å². The van der Waals surface area contributed by atoms with Crippen LogP contribution in [0.3, 0.4) is 0 Å². The number of hydrogen-bond acceptors (Lipinski definition) is 8. The minimum absolute atomic E-state index is 0.0666. The Labute approximate surface area is 213 Å². The molecule has 13 heteroatoms. The van der Waals surface area contributed by atoms with E-state index in [9.17, 15) is 29.1 Å². The standard InChI is InChI=1S/C22H32N4O7S2/c1-35-10-9-15(20(30)25-16(22(32)33)7-8-18(27)28)24-21(31)17(26-19(29)14(23)12-34)11-13-5-3-2-4-6-13/h2-6,14-17,34H,7-12,23H2,1H3,(H,24,31)(H,25,30)(H,26,29)(H,27,28)(H,32,33). The zero-order chi connectivity index (χ0) is 26.4. The Balaban J connectivity index is 3.04. The van der Waals surface area contributed by atoms with Crippen LogP contribution in [0.25, 0.3) is 0 Å². The molecule has 4 atom stereocenters. The molecule has 0 heterocycles. The van der Waals surface area contributed by atoms with Crippen LogP contribution in [0.2, 0.25) is 0 Å². The molecule has 0 aliphatic rings. The van der Waals surface area contributed by atoms with Crippen molar-refractivity contribution in [2.75, 3.05) is 17.8 Å². The van der Waals surface area contributed by atoms with E-state index >= 15 is 0 Å². The van der Waals surface area contributed by atoms with Crippen LogP contribution in [-0.4, -0.2) is 81.8 Å². The second-order valence-electron chi connectivity index (χ2n) is 7.71. The molecule has 1 aromatic carbocycles. The number of hydrogen-bond donors (Lipinski definition) is 7.